The molecule has 1 atom stereocenters. The van der Waals surface area contributed by atoms with E-state index in [0.717, 1.165) is 27.5 Å². The van der Waals surface area contributed by atoms with Crippen molar-refractivity contribution in [3.8, 4) is 22.4 Å². The topological polar surface area (TPSA) is 111 Å². The lowest BCUT2D eigenvalue weighted by Gasteiger charge is -2.19. The average molecular weight is 482 g/mol. The molecule has 5 aromatic rings. The summed E-state index contributed by atoms with van der Waals surface area (Å²) < 4.78 is 23.8. The smallest absolute Gasteiger partial charge is 0.239 e. The number of hydrogen-bond donors (Lipinski definition) is 2. The lowest BCUT2D eigenvalue weighted by Crippen LogP contribution is -2.12. The van der Waals surface area contributed by atoms with E-state index in [1.807, 2.05) is 66.7 Å². The summed E-state index contributed by atoms with van der Waals surface area (Å²) in [4.78, 5) is 4.00. The normalized spacial score (nSPS) is 12.4. The van der Waals surface area contributed by atoms with Gasteiger partial charge < -0.3 is 5.32 Å². The van der Waals surface area contributed by atoms with Gasteiger partial charge in [0.15, 0.2) is 5.82 Å². The fourth-order valence-corrected chi connectivity index (χ4v) is 4.61. The second-order valence-corrected chi connectivity index (χ2v) is 9.78. The number of sulfonamides is 1. The van der Waals surface area contributed by atoms with Crippen molar-refractivity contribution in [1.29, 1.82) is 0 Å². The van der Waals surface area contributed by atoms with E-state index in [4.69, 9.17) is 5.14 Å². The number of benzene rings is 3. The Morgan fingerprint density at radius 1 is 0.829 bits per heavy atom. The molecule has 5 rings (SSSR count). The number of pyridine rings is 1. The lowest BCUT2D eigenvalue weighted by molar-refractivity contribution is 0.597. The quantitative estimate of drug-likeness (QED) is 0.346. The van der Waals surface area contributed by atoms with Gasteiger partial charge in [0.1, 0.15) is 10.6 Å². The van der Waals surface area contributed by atoms with Crippen molar-refractivity contribution in [2.24, 2.45) is 5.14 Å². The molecule has 174 valence electrons. The van der Waals surface area contributed by atoms with Gasteiger partial charge in [-0.05, 0) is 29.7 Å². The molecule has 0 spiro atoms. The molecule has 0 unspecified atom stereocenters. The monoisotopic (exact) mass is 481 g/mol. The molecule has 0 saturated heterocycles. The third-order valence-corrected chi connectivity index (χ3v) is 6.74. The number of nitrogens with zero attached hydrogens (tertiary/aromatic N) is 3. The van der Waals surface area contributed by atoms with Crippen LogP contribution in [0, 0.1) is 0 Å². The van der Waals surface area contributed by atoms with E-state index in [1.54, 1.807) is 6.20 Å². The first-order chi connectivity index (χ1) is 16.9. The number of fused-ring (bicyclic) bond motifs is 1. The number of nitrogens with two attached hydrogens (primary N) is 1. The molecule has 0 amide bonds. The Hall–Kier alpha value is -4.14. The number of rotatable bonds is 6. The van der Waals surface area contributed by atoms with E-state index in [2.05, 4.69) is 39.6 Å². The molecule has 0 fully saturated rings. The zero-order chi connectivity index (χ0) is 24.4. The molecule has 0 aliphatic carbocycles. The first-order valence-electron chi connectivity index (χ1n) is 11.1. The predicted molar refractivity (Wildman–Crippen MR) is 138 cm³/mol. The van der Waals surface area contributed by atoms with Crippen molar-refractivity contribution >= 4 is 26.6 Å². The van der Waals surface area contributed by atoms with Crippen LogP contribution < -0.4 is 10.5 Å². The standard InChI is InChI=1S/C27H23N5O2S/c1-18(19-9-4-2-5-10-19)30-27-25-23(20-11-6-3-7-12-20)13-8-14-24(25)26(31-32-27)21-15-22(17-29-16-21)35(28,33)34/h2-18H,1H3,(H,30,32)(H2,28,33,34)/t18-/m0/s1. The minimum absolute atomic E-state index is 0.0178. The molecule has 8 heteroatoms. The maximum atomic E-state index is 11.9. The van der Waals surface area contributed by atoms with Gasteiger partial charge in [-0.1, -0.05) is 78.9 Å². The Morgan fingerprint density at radius 3 is 2.26 bits per heavy atom. The molecular weight excluding hydrogens is 458 g/mol. The molecule has 0 saturated carbocycles. The number of anilines is 1. The van der Waals surface area contributed by atoms with Crippen LogP contribution in [0.25, 0.3) is 33.2 Å². The number of aromatic nitrogens is 3. The van der Waals surface area contributed by atoms with Crippen LogP contribution in [0.3, 0.4) is 0 Å². The van der Waals surface area contributed by atoms with Crippen LogP contribution in [-0.4, -0.2) is 23.6 Å². The van der Waals surface area contributed by atoms with Crippen molar-refractivity contribution in [2.75, 3.05) is 5.32 Å². The molecule has 0 radical (unpaired) electrons. The maximum Gasteiger partial charge on any atom is 0.239 e. The van der Waals surface area contributed by atoms with E-state index in [-0.39, 0.29) is 10.9 Å². The van der Waals surface area contributed by atoms with Crippen molar-refractivity contribution in [2.45, 2.75) is 17.9 Å². The highest BCUT2D eigenvalue weighted by Gasteiger charge is 2.19. The Balaban J connectivity index is 1.73. The van der Waals surface area contributed by atoms with E-state index in [1.165, 1.54) is 12.3 Å². The minimum Gasteiger partial charge on any atom is -0.362 e. The summed E-state index contributed by atoms with van der Waals surface area (Å²) in [5.41, 5.74) is 4.17. The molecular formula is C27H23N5O2S. The largest absolute Gasteiger partial charge is 0.362 e. The molecule has 0 aliphatic rings. The van der Waals surface area contributed by atoms with Gasteiger partial charge in [0.25, 0.3) is 0 Å². The third-order valence-electron chi connectivity index (χ3n) is 5.86. The van der Waals surface area contributed by atoms with E-state index in [0.29, 0.717) is 17.1 Å². The van der Waals surface area contributed by atoms with Crippen LogP contribution in [0.1, 0.15) is 18.5 Å². The summed E-state index contributed by atoms with van der Waals surface area (Å²) in [6, 6.07) is 27.5. The van der Waals surface area contributed by atoms with Crippen LogP contribution in [0.15, 0.2) is 102 Å². The van der Waals surface area contributed by atoms with Gasteiger partial charge in [-0.3, -0.25) is 4.98 Å². The second-order valence-electron chi connectivity index (χ2n) is 8.22. The van der Waals surface area contributed by atoms with Crippen LogP contribution >= 0.6 is 0 Å². The molecule has 2 aromatic heterocycles. The highest BCUT2D eigenvalue weighted by atomic mass is 32.2. The van der Waals surface area contributed by atoms with Crippen LogP contribution in [0.5, 0.6) is 0 Å². The summed E-state index contributed by atoms with van der Waals surface area (Å²) in [6.45, 7) is 2.07. The molecule has 3 aromatic carbocycles. The molecule has 35 heavy (non-hydrogen) atoms. The van der Waals surface area contributed by atoms with E-state index >= 15 is 0 Å². The Morgan fingerprint density at radius 2 is 1.54 bits per heavy atom. The van der Waals surface area contributed by atoms with Gasteiger partial charge in [0.2, 0.25) is 10.0 Å². The number of primary sulfonamides is 1. The molecule has 2 heterocycles. The van der Waals surface area contributed by atoms with Crippen LogP contribution in [0.2, 0.25) is 0 Å². The number of hydrogen-bond acceptors (Lipinski definition) is 6. The van der Waals surface area contributed by atoms with E-state index in [9.17, 15) is 8.42 Å². The Kier molecular flexibility index (Phi) is 5.98. The summed E-state index contributed by atoms with van der Waals surface area (Å²) >= 11 is 0. The highest BCUT2D eigenvalue weighted by molar-refractivity contribution is 7.89. The Labute approximate surface area is 203 Å². The van der Waals surface area contributed by atoms with Gasteiger partial charge in [0, 0.05) is 28.7 Å². The zero-order valence-corrected chi connectivity index (χ0v) is 19.8. The highest BCUT2D eigenvalue weighted by Crippen LogP contribution is 2.38. The Bertz CT molecular complexity index is 1610. The predicted octanol–water partition coefficient (Wildman–Crippen LogP) is 5.18. The van der Waals surface area contributed by atoms with Crippen molar-refractivity contribution in [3.05, 3.63) is 103 Å². The molecule has 3 N–H and O–H groups in total. The van der Waals surface area contributed by atoms with Gasteiger partial charge in [-0.15, -0.1) is 10.2 Å². The SMILES string of the molecule is C[C@H](Nc1nnc(-c2cncc(S(N)(=O)=O)c2)c2cccc(-c3ccccc3)c12)c1ccccc1. The fourth-order valence-electron chi connectivity index (χ4n) is 4.12. The lowest BCUT2D eigenvalue weighted by atomic mass is 9.96. The zero-order valence-electron chi connectivity index (χ0n) is 19.0. The summed E-state index contributed by atoms with van der Waals surface area (Å²) in [7, 11) is -3.92. The summed E-state index contributed by atoms with van der Waals surface area (Å²) in [5, 5.41) is 19.6. The molecule has 0 bridgehead atoms. The molecule has 7 nitrogen and oxygen atoms in total. The van der Waals surface area contributed by atoms with Crippen LogP contribution in [-0.2, 0) is 10.0 Å². The minimum atomic E-state index is -3.92. The van der Waals surface area contributed by atoms with Gasteiger partial charge in [-0.25, -0.2) is 13.6 Å². The fraction of sp³-hybridized carbons (Fsp3) is 0.0741. The van der Waals surface area contributed by atoms with Crippen LogP contribution in [0.4, 0.5) is 5.82 Å². The number of nitrogens with one attached hydrogen (secondary N) is 1. The third kappa shape index (κ3) is 4.62. The first kappa shape index (κ1) is 22.6. The average Bonchev–Trinajstić information content (AvgIpc) is 2.89. The van der Waals surface area contributed by atoms with Gasteiger partial charge in [-0.2, -0.15) is 0 Å². The van der Waals surface area contributed by atoms with Crippen molar-refractivity contribution < 1.29 is 8.42 Å². The van der Waals surface area contributed by atoms with Crippen molar-refractivity contribution in [1.82, 2.24) is 15.2 Å². The first-order valence-corrected chi connectivity index (χ1v) is 12.6. The van der Waals surface area contributed by atoms with Gasteiger partial charge >= 0.3 is 0 Å². The second kappa shape index (κ2) is 9.25. The summed E-state index contributed by atoms with van der Waals surface area (Å²) in [5.74, 6) is 0.634. The maximum absolute atomic E-state index is 11.9. The van der Waals surface area contributed by atoms with E-state index < -0.39 is 10.0 Å². The van der Waals surface area contributed by atoms with Gasteiger partial charge in [0.05, 0.1) is 6.04 Å². The van der Waals surface area contributed by atoms with Crippen molar-refractivity contribution in [3.63, 3.8) is 0 Å². The molecule has 0 aliphatic heterocycles. The summed E-state index contributed by atoms with van der Waals surface area (Å²) in [6.07, 6.45) is 2.79.